The fraction of sp³-hybridized carbons (Fsp3) is 0.300. The normalized spacial score (nSPS) is 9.67. The van der Waals surface area contributed by atoms with Crippen molar-refractivity contribution in [1.29, 1.82) is 0 Å². The van der Waals surface area contributed by atoms with E-state index >= 15 is 0 Å². The minimum atomic E-state index is 0. The summed E-state index contributed by atoms with van der Waals surface area (Å²) < 4.78 is 11.1. The number of nitrogens with one attached hydrogen (secondary N) is 1. The van der Waals surface area contributed by atoms with Gasteiger partial charge in [0, 0.05) is 6.54 Å². The molecule has 0 aliphatic heterocycles. The second-order valence-corrected chi connectivity index (χ2v) is 5.12. The lowest BCUT2D eigenvalue weighted by molar-refractivity contribution is 0.299. The molecule has 0 fully saturated rings. The maximum absolute atomic E-state index is 5.63. The van der Waals surface area contributed by atoms with Crippen LogP contribution in [-0.4, -0.2) is 19.8 Å². The second-order valence-electron chi connectivity index (χ2n) is 5.12. The molecule has 1 N–H and O–H groups in total. The summed E-state index contributed by atoms with van der Waals surface area (Å²) in [5.74, 6) is 3.90. The molecule has 0 atom stereocenters. The van der Waals surface area contributed by atoms with Gasteiger partial charge in [-0.25, -0.2) is 0 Å². The van der Waals surface area contributed by atoms with E-state index in [0.717, 1.165) is 30.8 Å². The summed E-state index contributed by atoms with van der Waals surface area (Å²) in [7, 11) is 0. The molecule has 0 saturated heterocycles. The van der Waals surface area contributed by atoms with Gasteiger partial charge in [0.1, 0.15) is 6.61 Å². The van der Waals surface area contributed by atoms with E-state index in [1.807, 2.05) is 31.2 Å². The molecule has 0 bridgehead atoms. The van der Waals surface area contributed by atoms with Crippen molar-refractivity contribution in [2.45, 2.75) is 19.9 Å². The number of rotatable bonds is 9. The molecule has 0 aromatic heterocycles. The van der Waals surface area contributed by atoms with E-state index in [9.17, 15) is 0 Å². The number of hydrogen-bond donors (Lipinski definition) is 1. The summed E-state index contributed by atoms with van der Waals surface area (Å²) in [5.41, 5.74) is 2.50. The van der Waals surface area contributed by atoms with Gasteiger partial charge in [0.15, 0.2) is 11.5 Å². The molecule has 0 radical (unpaired) electrons. The molecule has 0 unspecified atom stereocenters. The molecule has 3 nitrogen and oxygen atoms in total. The molecule has 2 aromatic carbocycles. The van der Waals surface area contributed by atoms with E-state index in [2.05, 4.69) is 35.5 Å². The van der Waals surface area contributed by atoms with E-state index in [1.165, 1.54) is 5.56 Å². The van der Waals surface area contributed by atoms with E-state index in [-0.39, 0.29) is 19.0 Å². The van der Waals surface area contributed by atoms with Crippen LogP contribution in [0.15, 0.2) is 48.5 Å². The van der Waals surface area contributed by atoms with Crippen LogP contribution in [0.1, 0.15) is 18.1 Å². The standard InChI is InChI=1S/C20H23NO2.ClH/c1-3-14-23-19-11-10-18(15-20(19)22-4-2)16-21-13-12-17-8-6-5-7-9-17;/h1,5-11,15,21H,4,12-14,16H2,2H3;1H. The number of hydrogen-bond acceptors (Lipinski definition) is 3. The Labute approximate surface area is 150 Å². The first-order chi connectivity index (χ1) is 11.3. The predicted molar refractivity (Wildman–Crippen MR) is 101 cm³/mol. The van der Waals surface area contributed by atoms with Gasteiger partial charge in [-0.2, -0.15) is 0 Å². The molecule has 0 aliphatic carbocycles. The summed E-state index contributed by atoms with van der Waals surface area (Å²) in [6.45, 7) is 4.52. The lowest BCUT2D eigenvalue weighted by atomic mass is 10.1. The minimum absolute atomic E-state index is 0. The van der Waals surface area contributed by atoms with Crippen LogP contribution in [0, 0.1) is 12.3 Å². The summed E-state index contributed by atoms with van der Waals surface area (Å²) in [4.78, 5) is 0. The Kier molecular flexibility index (Phi) is 9.45. The molecule has 2 aromatic rings. The molecule has 128 valence electrons. The van der Waals surface area contributed by atoms with Crippen molar-refractivity contribution in [3.8, 4) is 23.8 Å². The average molecular weight is 346 g/mol. The Morgan fingerprint density at radius 2 is 1.79 bits per heavy atom. The van der Waals surface area contributed by atoms with Crippen molar-refractivity contribution in [3.63, 3.8) is 0 Å². The first kappa shape index (κ1) is 19.9. The average Bonchev–Trinajstić information content (AvgIpc) is 2.59. The van der Waals surface area contributed by atoms with Gasteiger partial charge in [-0.3, -0.25) is 0 Å². The molecule has 0 spiro atoms. The highest BCUT2D eigenvalue weighted by Crippen LogP contribution is 2.28. The fourth-order valence-electron chi connectivity index (χ4n) is 2.28. The van der Waals surface area contributed by atoms with Gasteiger partial charge in [-0.1, -0.05) is 42.3 Å². The highest BCUT2D eigenvalue weighted by molar-refractivity contribution is 5.85. The Balaban J connectivity index is 0.00000288. The maximum atomic E-state index is 5.63. The van der Waals surface area contributed by atoms with Crippen LogP contribution in [0.5, 0.6) is 11.5 Å². The molecular weight excluding hydrogens is 322 g/mol. The zero-order valence-electron chi connectivity index (χ0n) is 14.0. The van der Waals surface area contributed by atoms with Crippen LogP contribution in [0.2, 0.25) is 0 Å². The third kappa shape index (κ3) is 6.54. The molecule has 0 saturated carbocycles. The Morgan fingerprint density at radius 1 is 1.00 bits per heavy atom. The molecule has 0 amide bonds. The predicted octanol–water partition coefficient (Wildman–Crippen LogP) is 3.85. The monoisotopic (exact) mass is 345 g/mol. The smallest absolute Gasteiger partial charge is 0.162 e. The van der Waals surface area contributed by atoms with Gasteiger partial charge in [-0.05, 0) is 43.1 Å². The molecule has 4 heteroatoms. The topological polar surface area (TPSA) is 30.5 Å². The number of halogens is 1. The van der Waals surface area contributed by atoms with Crippen molar-refractivity contribution >= 4 is 12.4 Å². The van der Waals surface area contributed by atoms with Crippen LogP contribution in [0.25, 0.3) is 0 Å². The molecule has 0 aliphatic rings. The van der Waals surface area contributed by atoms with Crippen LogP contribution < -0.4 is 14.8 Å². The highest BCUT2D eigenvalue weighted by atomic mass is 35.5. The van der Waals surface area contributed by atoms with E-state index < -0.39 is 0 Å². The zero-order valence-corrected chi connectivity index (χ0v) is 14.8. The lowest BCUT2D eigenvalue weighted by Gasteiger charge is -2.12. The molecule has 24 heavy (non-hydrogen) atoms. The van der Waals surface area contributed by atoms with Gasteiger partial charge in [-0.15, -0.1) is 18.8 Å². The summed E-state index contributed by atoms with van der Waals surface area (Å²) in [5, 5.41) is 3.45. The summed E-state index contributed by atoms with van der Waals surface area (Å²) >= 11 is 0. The van der Waals surface area contributed by atoms with Crippen molar-refractivity contribution in [3.05, 3.63) is 59.7 Å². The summed E-state index contributed by atoms with van der Waals surface area (Å²) in [6.07, 6.45) is 6.25. The Morgan fingerprint density at radius 3 is 2.50 bits per heavy atom. The summed E-state index contributed by atoms with van der Waals surface area (Å²) in [6, 6.07) is 16.4. The largest absolute Gasteiger partial charge is 0.490 e. The van der Waals surface area contributed by atoms with Crippen molar-refractivity contribution < 1.29 is 9.47 Å². The van der Waals surface area contributed by atoms with Gasteiger partial charge >= 0.3 is 0 Å². The lowest BCUT2D eigenvalue weighted by Crippen LogP contribution is -2.16. The first-order valence-electron chi connectivity index (χ1n) is 7.90. The van der Waals surface area contributed by atoms with Gasteiger partial charge in [0.05, 0.1) is 6.61 Å². The van der Waals surface area contributed by atoms with Crippen molar-refractivity contribution in [2.24, 2.45) is 0 Å². The quantitative estimate of drug-likeness (QED) is 0.553. The number of terminal acetylenes is 1. The van der Waals surface area contributed by atoms with Crippen LogP contribution in [0.4, 0.5) is 0 Å². The maximum Gasteiger partial charge on any atom is 0.162 e. The minimum Gasteiger partial charge on any atom is -0.490 e. The second kappa shape index (κ2) is 11.4. The van der Waals surface area contributed by atoms with Gasteiger partial charge in [0.25, 0.3) is 0 Å². The number of benzene rings is 2. The van der Waals surface area contributed by atoms with E-state index in [0.29, 0.717) is 12.4 Å². The third-order valence-corrected chi connectivity index (χ3v) is 3.38. The molecule has 2 rings (SSSR count). The first-order valence-corrected chi connectivity index (χ1v) is 7.90. The Bertz CT molecular complexity index is 638. The Hall–Kier alpha value is -2.15. The molecule has 0 heterocycles. The van der Waals surface area contributed by atoms with Crippen LogP contribution in [0.3, 0.4) is 0 Å². The zero-order chi connectivity index (χ0) is 16.3. The van der Waals surface area contributed by atoms with E-state index in [4.69, 9.17) is 15.9 Å². The van der Waals surface area contributed by atoms with Gasteiger partial charge in [0.2, 0.25) is 0 Å². The van der Waals surface area contributed by atoms with Crippen molar-refractivity contribution in [2.75, 3.05) is 19.8 Å². The van der Waals surface area contributed by atoms with Crippen molar-refractivity contribution in [1.82, 2.24) is 5.32 Å². The van der Waals surface area contributed by atoms with Gasteiger partial charge < -0.3 is 14.8 Å². The van der Waals surface area contributed by atoms with E-state index in [1.54, 1.807) is 0 Å². The van der Waals surface area contributed by atoms with Crippen LogP contribution >= 0.6 is 12.4 Å². The highest BCUT2D eigenvalue weighted by Gasteiger charge is 2.06. The SMILES string of the molecule is C#CCOc1ccc(CNCCc2ccccc2)cc1OCC.Cl. The molecular formula is C20H24ClNO2. The third-order valence-electron chi connectivity index (χ3n) is 3.38. The number of ether oxygens (including phenoxy) is 2. The fourth-order valence-corrected chi connectivity index (χ4v) is 2.28. The van der Waals surface area contributed by atoms with Crippen LogP contribution in [-0.2, 0) is 13.0 Å².